The van der Waals surface area contributed by atoms with Crippen molar-refractivity contribution < 1.29 is 24.2 Å². The average molecular weight is 298 g/mol. The first-order valence-corrected chi connectivity index (χ1v) is 7.66. The zero-order valence-electron chi connectivity index (χ0n) is 12.8. The molecule has 0 aromatic heterocycles. The van der Waals surface area contributed by atoms with Crippen molar-refractivity contribution in [3.63, 3.8) is 0 Å². The van der Waals surface area contributed by atoms with Gasteiger partial charge in [-0.15, -0.1) is 0 Å². The lowest BCUT2D eigenvalue weighted by molar-refractivity contribution is -0.151. The molecule has 1 aliphatic rings. The fraction of sp³-hybridized carbons (Fsp3) is 0.750. The van der Waals surface area contributed by atoms with Crippen LogP contribution in [0.3, 0.4) is 0 Å². The maximum Gasteiger partial charge on any atom is 0.306 e. The molecule has 0 saturated heterocycles. The van der Waals surface area contributed by atoms with Crippen molar-refractivity contribution in [2.24, 2.45) is 11.8 Å². The molecule has 120 valence electrons. The highest BCUT2D eigenvalue weighted by atomic mass is 16.5. The van der Waals surface area contributed by atoms with E-state index in [2.05, 4.69) is 6.58 Å². The fourth-order valence-corrected chi connectivity index (χ4v) is 2.77. The smallest absolute Gasteiger partial charge is 0.306 e. The molecule has 1 saturated carbocycles. The summed E-state index contributed by atoms with van der Waals surface area (Å²) in [6.45, 7) is 6.19. The summed E-state index contributed by atoms with van der Waals surface area (Å²) < 4.78 is 10.6. The lowest BCUT2D eigenvalue weighted by atomic mass is 9.80. The first kappa shape index (κ1) is 17.5. The van der Waals surface area contributed by atoms with Crippen molar-refractivity contribution in [3.8, 4) is 0 Å². The summed E-state index contributed by atoms with van der Waals surface area (Å²) in [5.41, 5.74) is 0. The molecule has 5 heteroatoms. The van der Waals surface area contributed by atoms with Gasteiger partial charge < -0.3 is 14.6 Å². The minimum atomic E-state index is -0.879. The number of esters is 1. The minimum absolute atomic E-state index is 0.0118. The van der Waals surface area contributed by atoms with Gasteiger partial charge in [-0.25, -0.2) is 0 Å². The summed E-state index contributed by atoms with van der Waals surface area (Å²) in [5.74, 6) is -0.206. The highest BCUT2D eigenvalue weighted by molar-refractivity contribution is 5.71. The molecule has 21 heavy (non-hydrogen) atoms. The molecular formula is C16H26O5. The molecule has 0 bridgehead atoms. The van der Waals surface area contributed by atoms with Crippen molar-refractivity contribution in [1.29, 1.82) is 0 Å². The molecule has 0 aliphatic heterocycles. The van der Waals surface area contributed by atoms with Gasteiger partial charge in [0.05, 0.1) is 12.9 Å². The van der Waals surface area contributed by atoms with Crippen LogP contribution in [0, 0.1) is 11.8 Å². The van der Waals surface area contributed by atoms with E-state index in [-0.39, 0.29) is 24.9 Å². The Hall–Kier alpha value is -1.52. The minimum Gasteiger partial charge on any atom is -0.502 e. The molecule has 0 amide bonds. The predicted molar refractivity (Wildman–Crippen MR) is 78.6 cm³/mol. The summed E-state index contributed by atoms with van der Waals surface area (Å²) in [6.07, 6.45) is 6.16. The first-order chi connectivity index (χ1) is 10.0. The van der Waals surface area contributed by atoms with E-state index in [9.17, 15) is 9.59 Å². The maximum absolute atomic E-state index is 11.6. The molecule has 0 aromatic carbocycles. The fourth-order valence-electron chi connectivity index (χ4n) is 2.77. The summed E-state index contributed by atoms with van der Waals surface area (Å²) in [6, 6.07) is 0. The van der Waals surface area contributed by atoms with Gasteiger partial charge in [-0.1, -0.05) is 6.58 Å². The van der Waals surface area contributed by atoms with Crippen LogP contribution < -0.4 is 0 Å². The van der Waals surface area contributed by atoms with Gasteiger partial charge in [-0.05, 0) is 50.9 Å². The van der Waals surface area contributed by atoms with Crippen LogP contribution in [0.1, 0.15) is 51.9 Å². The van der Waals surface area contributed by atoms with Gasteiger partial charge in [-0.2, -0.15) is 0 Å². The van der Waals surface area contributed by atoms with Crippen molar-refractivity contribution >= 4 is 11.9 Å². The Morgan fingerprint density at radius 3 is 2.52 bits per heavy atom. The van der Waals surface area contributed by atoms with Crippen molar-refractivity contribution in [3.05, 3.63) is 12.8 Å². The predicted octanol–water partition coefficient (Wildman–Crippen LogP) is 3.14. The monoisotopic (exact) mass is 298 g/mol. The van der Waals surface area contributed by atoms with Gasteiger partial charge in [0.2, 0.25) is 0 Å². The van der Waals surface area contributed by atoms with Crippen molar-refractivity contribution in [1.82, 2.24) is 0 Å². The lowest BCUT2D eigenvalue weighted by Crippen LogP contribution is -2.29. The van der Waals surface area contributed by atoms with Crippen LogP contribution in [-0.2, 0) is 19.1 Å². The number of hydrogen-bond acceptors (Lipinski definition) is 4. The van der Waals surface area contributed by atoms with E-state index in [0.717, 1.165) is 32.3 Å². The van der Waals surface area contributed by atoms with Gasteiger partial charge in [0.15, 0.2) is 0 Å². The number of aliphatic carboxylic acids is 1. The second-order valence-electron chi connectivity index (χ2n) is 5.72. The van der Waals surface area contributed by atoms with Crippen LogP contribution in [0.2, 0.25) is 0 Å². The average Bonchev–Trinajstić information content (AvgIpc) is 2.45. The number of carboxylic acids is 1. The molecule has 0 spiro atoms. The van der Waals surface area contributed by atoms with Crippen LogP contribution in [-0.4, -0.2) is 29.8 Å². The Kier molecular flexibility index (Phi) is 7.87. The van der Waals surface area contributed by atoms with Crippen LogP contribution in [0.15, 0.2) is 12.8 Å². The standard InChI is InChI=1S/C16H26O5/c1-3-20-11-13-7-9-14(10-8-13)12(2)21-16(19)6-4-5-15(17)18/h3,12-14H,1,4-11H2,2H3,(H,17,18). The molecule has 1 aliphatic carbocycles. The summed E-state index contributed by atoms with van der Waals surface area (Å²) in [5, 5.41) is 8.53. The zero-order valence-corrected chi connectivity index (χ0v) is 12.8. The molecule has 1 rings (SSSR count). The molecule has 1 fully saturated rings. The number of hydrogen-bond donors (Lipinski definition) is 1. The van der Waals surface area contributed by atoms with E-state index in [0.29, 0.717) is 18.3 Å². The second kappa shape index (κ2) is 9.42. The van der Waals surface area contributed by atoms with E-state index in [4.69, 9.17) is 14.6 Å². The zero-order chi connectivity index (χ0) is 15.7. The quantitative estimate of drug-likeness (QED) is 0.523. The van der Waals surface area contributed by atoms with Gasteiger partial charge in [0.25, 0.3) is 0 Å². The first-order valence-electron chi connectivity index (χ1n) is 7.66. The normalized spacial score (nSPS) is 23.1. The van der Waals surface area contributed by atoms with Crippen LogP contribution in [0.25, 0.3) is 0 Å². The third-order valence-electron chi connectivity index (χ3n) is 4.09. The van der Waals surface area contributed by atoms with Crippen LogP contribution >= 0.6 is 0 Å². The van der Waals surface area contributed by atoms with Gasteiger partial charge in [-0.3, -0.25) is 9.59 Å². The van der Waals surface area contributed by atoms with Crippen molar-refractivity contribution in [2.75, 3.05) is 6.61 Å². The number of rotatable bonds is 9. The Labute approximate surface area is 126 Å². The van der Waals surface area contributed by atoms with Crippen molar-refractivity contribution in [2.45, 2.75) is 58.0 Å². The Morgan fingerprint density at radius 2 is 1.95 bits per heavy atom. The summed E-state index contributed by atoms with van der Waals surface area (Å²) in [7, 11) is 0. The maximum atomic E-state index is 11.6. The SMILES string of the molecule is C=COCC1CCC(C(C)OC(=O)CCCC(=O)O)CC1. The van der Waals surface area contributed by atoms with E-state index >= 15 is 0 Å². The molecule has 0 heterocycles. The molecule has 1 atom stereocenters. The Bertz CT molecular complexity index is 345. The van der Waals surface area contributed by atoms with Crippen LogP contribution in [0.5, 0.6) is 0 Å². The molecular weight excluding hydrogens is 272 g/mol. The van der Waals surface area contributed by atoms with E-state index < -0.39 is 5.97 Å². The number of carbonyl (C=O) groups excluding carboxylic acids is 1. The summed E-state index contributed by atoms with van der Waals surface area (Å²) >= 11 is 0. The second-order valence-corrected chi connectivity index (χ2v) is 5.72. The third kappa shape index (κ3) is 7.16. The number of carbonyl (C=O) groups is 2. The molecule has 1 N–H and O–H groups in total. The van der Waals surface area contributed by atoms with E-state index in [1.807, 2.05) is 6.92 Å². The Balaban J connectivity index is 2.20. The number of carboxylic acid groups (broad SMARTS) is 1. The molecule has 0 aromatic rings. The van der Waals surface area contributed by atoms with Gasteiger partial charge >= 0.3 is 11.9 Å². The van der Waals surface area contributed by atoms with Gasteiger partial charge in [0, 0.05) is 12.8 Å². The lowest BCUT2D eigenvalue weighted by Gasteiger charge is -2.31. The topological polar surface area (TPSA) is 72.8 Å². The van der Waals surface area contributed by atoms with E-state index in [1.54, 1.807) is 0 Å². The highest BCUT2D eigenvalue weighted by Crippen LogP contribution is 2.32. The largest absolute Gasteiger partial charge is 0.502 e. The number of ether oxygens (including phenoxy) is 2. The van der Waals surface area contributed by atoms with Gasteiger partial charge in [0.1, 0.15) is 6.10 Å². The van der Waals surface area contributed by atoms with Crippen LogP contribution in [0.4, 0.5) is 0 Å². The summed E-state index contributed by atoms with van der Waals surface area (Å²) in [4.78, 5) is 22.0. The molecule has 5 nitrogen and oxygen atoms in total. The Morgan fingerprint density at radius 1 is 1.29 bits per heavy atom. The molecule has 0 radical (unpaired) electrons. The van der Waals surface area contributed by atoms with E-state index in [1.165, 1.54) is 6.26 Å². The molecule has 1 unspecified atom stereocenters. The highest BCUT2D eigenvalue weighted by Gasteiger charge is 2.27. The third-order valence-corrected chi connectivity index (χ3v) is 4.09.